The van der Waals surface area contributed by atoms with Crippen LogP contribution in [0.3, 0.4) is 0 Å². The number of hydrogen-bond acceptors (Lipinski definition) is 3. The van der Waals surface area contributed by atoms with E-state index in [9.17, 15) is 4.79 Å². The first-order valence-corrected chi connectivity index (χ1v) is 9.86. The largest absolute Gasteiger partial charge is 0.370 e. The van der Waals surface area contributed by atoms with Crippen molar-refractivity contribution in [3.63, 3.8) is 0 Å². The van der Waals surface area contributed by atoms with Crippen molar-refractivity contribution < 1.29 is 4.79 Å². The highest BCUT2D eigenvalue weighted by atomic mass is 16.1. The summed E-state index contributed by atoms with van der Waals surface area (Å²) in [5.41, 5.74) is 2.48. The topological polar surface area (TPSA) is 54.0 Å². The number of carbonyl (C=O) groups is 1. The molecule has 4 heteroatoms. The van der Waals surface area contributed by atoms with Crippen LogP contribution in [-0.4, -0.2) is 24.0 Å². The normalized spacial score (nSPS) is 14.3. The van der Waals surface area contributed by atoms with Gasteiger partial charge in [0.2, 0.25) is 5.91 Å². The van der Waals surface area contributed by atoms with Gasteiger partial charge in [-0.1, -0.05) is 25.5 Å². The minimum absolute atomic E-state index is 0.136. The standard InChI is InChI=1S/C21H33N3O/c1-3-5-10-18(9-4-2)21(25)23-15-7-6-12-19-14-13-17-11-8-16-22-20(17)24-19/h3,13-14,18H,1,4-12,15-16H2,2H3,(H,22,24)(H,23,25)/t18-/m1/s1. The van der Waals surface area contributed by atoms with Gasteiger partial charge in [0.15, 0.2) is 0 Å². The minimum Gasteiger partial charge on any atom is -0.370 e. The Labute approximate surface area is 152 Å². The molecule has 0 spiro atoms. The van der Waals surface area contributed by atoms with Crippen molar-refractivity contribution in [2.45, 2.75) is 64.7 Å². The Bertz CT molecular complexity index is 556. The average Bonchev–Trinajstić information content (AvgIpc) is 2.64. The third kappa shape index (κ3) is 6.52. The highest BCUT2D eigenvalue weighted by Gasteiger charge is 2.16. The van der Waals surface area contributed by atoms with Crippen LogP contribution < -0.4 is 10.6 Å². The van der Waals surface area contributed by atoms with Crippen molar-refractivity contribution in [3.8, 4) is 0 Å². The van der Waals surface area contributed by atoms with Crippen LogP contribution in [0.1, 0.15) is 63.1 Å². The number of hydrogen-bond donors (Lipinski definition) is 2. The molecule has 1 aliphatic rings. The number of nitrogens with zero attached hydrogens (tertiary/aromatic N) is 1. The molecule has 0 aromatic carbocycles. The molecule has 0 fully saturated rings. The van der Waals surface area contributed by atoms with Crippen molar-refractivity contribution in [2.24, 2.45) is 5.92 Å². The lowest BCUT2D eigenvalue weighted by Crippen LogP contribution is -2.31. The van der Waals surface area contributed by atoms with Gasteiger partial charge in [-0.15, -0.1) is 6.58 Å². The summed E-state index contributed by atoms with van der Waals surface area (Å²) in [6, 6.07) is 4.36. The molecule has 1 amide bonds. The molecule has 2 N–H and O–H groups in total. The maximum Gasteiger partial charge on any atom is 0.223 e. The van der Waals surface area contributed by atoms with Crippen molar-refractivity contribution in [3.05, 3.63) is 36.0 Å². The predicted molar refractivity (Wildman–Crippen MR) is 105 cm³/mol. The van der Waals surface area contributed by atoms with Crippen LogP contribution in [-0.2, 0) is 17.6 Å². The van der Waals surface area contributed by atoms with E-state index < -0.39 is 0 Å². The summed E-state index contributed by atoms with van der Waals surface area (Å²) < 4.78 is 0. The fourth-order valence-corrected chi connectivity index (χ4v) is 3.37. The average molecular weight is 344 g/mol. The molecule has 0 bridgehead atoms. The minimum atomic E-state index is 0.136. The zero-order valence-corrected chi connectivity index (χ0v) is 15.7. The molecule has 138 valence electrons. The van der Waals surface area contributed by atoms with E-state index in [4.69, 9.17) is 4.98 Å². The summed E-state index contributed by atoms with van der Waals surface area (Å²) in [5, 5.41) is 6.49. The number of pyridine rings is 1. The Morgan fingerprint density at radius 2 is 2.28 bits per heavy atom. The van der Waals surface area contributed by atoms with E-state index in [-0.39, 0.29) is 11.8 Å². The van der Waals surface area contributed by atoms with E-state index in [0.717, 1.165) is 76.0 Å². The van der Waals surface area contributed by atoms with Crippen LogP contribution in [0, 0.1) is 5.92 Å². The molecule has 1 aromatic heterocycles. The summed E-state index contributed by atoms with van der Waals surface area (Å²) in [6.45, 7) is 7.67. The first-order valence-electron chi connectivity index (χ1n) is 9.86. The van der Waals surface area contributed by atoms with E-state index in [1.807, 2.05) is 6.08 Å². The van der Waals surface area contributed by atoms with Gasteiger partial charge in [-0.3, -0.25) is 4.79 Å². The first kappa shape index (κ1) is 19.5. The van der Waals surface area contributed by atoms with E-state index in [2.05, 4.69) is 36.3 Å². The van der Waals surface area contributed by atoms with Crippen LogP contribution in [0.2, 0.25) is 0 Å². The summed E-state index contributed by atoms with van der Waals surface area (Å²) in [6.07, 6.45) is 11.1. The number of fused-ring (bicyclic) bond motifs is 1. The maximum atomic E-state index is 12.3. The molecule has 2 rings (SSSR count). The van der Waals surface area contributed by atoms with E-state index in [0.29, 0.717) is 0 Å². The number of aromatic nitrogens is 1. The van der Waals surface area contributed by atoms with Gasteiger partial charge in [-0.05, 0) is 63.0 Å². The van der Waals surface area contributed by atoms with Gasteiger partial charge in [0.1, 0.15) is 5.82 Å². The van der Waals surface area contributed by atoms with Crippen LogP contribution in [0.5, 0.6) is 0 Å². The number of nitrogens with one attached hydrogen (secondary N) is 2. The number of anilines is 1. The van der Waals surface area contributed by atoms with E-state index >= 15 is 0 Å². The predicted octanol–water partition coefficient (Wildman–Crippen LogP) is 4.26. The lowest BCUT2D eigenvalue weighted by molar-refractivity contribution is -0.125. The molecule has 0 unspecified atom stereocenters. The van der Waals surface area contributed by atoms with Gasteiger partial charge in [-0.2, -0.15) is 0 Å². The molecule has 0 aliphatic carbocycles. The SMILES string of the molecule is C=CCC[C@@H](CCC)C(=O)NCCCCc1ccc2c(n1)NCCC2. The van der Waals surface area contributed by atoms with Gasteiger partial charge in [0, 0.05) is 24.7 Å². The van der Waals surface area contributed by atoms with E-state index in [1.165, 1.54) is 12.0 Å². The van der Waals surface area contributed by atoms with Crippen molar-refractivity contribution in [1.29, 1.82) is 0 Å². The number of unbranched alkanes of at least 4 members (excludes halogenated alkanes) is 1. The van der Waals surface area contributed by atoms with Crippen LogP contribution in [0.25, 0.3) is 0 Å². The second kappa shape index (κ2) is 10.9. The highest BCUT2D eigenvalue weighted by molar-refractivity contribution is 5.78. The molecule has 1 aliphatic heterocycles. The van der Waals surface area contributed by atoms with Gasteiger partial charge >= 0.3 is 0 Å². The molecule has 0 radical (unpaired) electrons. The fourth-order valence-electron chi connectivity index (χ4n) is 3.37. The Morgan fingerprint density at radius 3 is 3.08 bits per heavy atom. The number of aryl methyl sites for hydroxylation is 2. The van der Waals surface area contributed by atoms with E-state index in [1.54, 1.807) is 0 Å². The molecule has 25 heavy (non-hydrogen) atoms. The Morgan fingerprint density at radius 1 is 1.40 bits per heavy atom. The molecular formula is C21H33N3O. The Balaban J connectivity index is 1.66. The summed E-state index contributed by atoms with van der Waals surface area (Å²) in [7, 11) is 0. The highest BCUT2D eigenvalue weighted by Crippen LogP contribution is 2.20. The summed E-state index contributed by atoms with van der Waals surface area (Å²) in [4.78, 5) is 17.0. The lowest BCUT2D eigenvalue weighted by Gasteiger charge is -2.17. The number of allylic oxidation sites excluding steroid dienone is 1. The molecule has 2 heterocycles. The molecule has 0 saturated heterocycles. The molecular weight excluding hydrogens is 310 g/mol. The smallest absolute Gasteiger partial charge is 0.223 e. The second-order valence-electron chi connectivity index (χ2n) is 6.94. The van der Waals surface area contributed by atoms with Crippen molar-refractivity contribution >= 4 is 11.7 Å². The summed E-state index contributed by atoms with van der Waals surface area (Å²) >= 11 is 0. The molecule has 1 aromatic rings. The number of carbonyl (C=O) groups excluding carboxylic acids is 1. The number of amides is 1. The Kier molecular flexibility index (Phi) is 8.50. The van der Waals surface area contributed by atoms with Gasteiger partial charge in [0.25, 0.3) is 0 Å². The zero-order valence-electron chi connectivity index (χ0n) is 15.7. The van der Waals surface area contributed by atoms with Gasteiger partial charge < -0.3 is 10.6 Å². The fraction of sp³-hybridized carbons (Fsp3) is 0.619. The molecule has 0 saturated carbocycles. The number of rotatable bonds is 11. The van der Waals surface area contributed by atoms with Crippen molar-refractivity contribution in [1.82, 2.24) is 10.3 Å². The second-order valence-corrected chi connectivity index (χ2v) is 6.94. The van der Waals surface area contributed by atoms with Gasteiger partial charge in [-0.25, -0.2) is 4.98 Å². The Hall–Kier alpha value is -1.84. The monoisotopic (exact) mass is 343 g/mol. The summed E-state index contributed by atoms with van der Waals surface area (Å²) in [5.74, 6) is 1.41. The van der Waals surface area contributed by atoms with Crippen molar-refractivity contribution in [2.75, 3.05) is 18.4 Å². The molecule has 1 atom stereocenters. The lowest BCUT2D eigenvalue weighted by atomic mass is 9.97. The van der Waals surface area contributed by atoms with Crippen LogP contribution in [0.15, 0.2) is 24.8 Å². The molecule has 4 nitrogen and oxygen atoms in total. The third-order valence-corrected chi connectivity index (χ3v) is 4.84. The van der Waals surface area contributed by atoms with Crippen LogP contribution in [0.4, 0.5) is 5.82 Å². The van der Waals surface area contributed by atoms with Gasteiger partial charge in [0.05, 0.1) is 0 Å². The van der Waals surface area contributed by atoms with Crippen LogP contribution >= 0.6 is 0 Å². The zero-order chi connectivity index (χ0) is 17.9. The maximum absolute atomic E-state index is 12.3. The quantitative estimate of drug-likeness (QED) is 0.466. The third-order valence-electron chi connectivity index (χ3n) is 4.84. The first-order chi connectivity index (χ1) is 12.2.